The monoisotopic (exact) mass is 382 g/mol. The molecule has 3 heterocycles. The number of amides is 2. The molecule has 0 spiro atoms. The van der Waals surface area contributed by atoms with Gasteiger partial charge in [0.15, 0.2) is 0 Å². The van der Waals surface area contributed by atoms with E-state index in [4.69, 9.17) is 0 Å². The van der Waals surface area contributed by atoms with Crippen molar-refractivity contribution in [2.45, 2.75) is 17.4 Å². The van der Waals surface area contributed by atoms with Crippen molar-refractivity contribution >= 4 is 29.3 Å². The molecule has 1 atom stereocenters. The first-order valence-electron chi connectivity index (χ1n) is 9.16. The maximum atomic E-state index is 13.0. The molecule has 27 heavy (non-hydrogen) atoms. The molecule has 1 aromatic carbocycles. The fourth-order valence-corrected chi connectivity index (χ4v) is 4.56. The van der Waals surface area contributed by atoms with Crippen LogP contribution in [0.4, 0.5) is 5.69 Å². The van der Waals surface area contributed by atoms with E-state index in [-0.39, 0.29) is 17.9 Å². The SMILES string of the molecule is O=C1CSc2ccccc2N1CCC(=O)N1CCNCC1c1cccnc1. The van der Waals surface area contributed by atoms with Crippen molar-refractivity contribution in [3.05, 3.63) is 54.4 Å². The maximum Gasteiger partial charge on any atom is 0.237 e. The van der Waals surface area contributed by atoms with Crippen LogP contribution in [0.3, 0.4) is 0 Å². The highest BCUT2D eigenvalue weighted by molar-refractivity contribution is 8.00. The van der Waals surface area contributed by atoms with Gasteiger partial charge in [-0.1, -0.05) is 18.2 Å². The van der Waals surface area contributed by atoms with Gasteiger partial charge in [-0.25, -0.2) is 0 Å². The summed E-state index contributed by atoms with van der Waals surface area (Å²) in [6, 6.07) is 11.8. The number of hydrogen-bond acceptors (Lipinski definition) is 5. The fraction of sp³-hybridized carbons (Fsp3) is 0.350. The van der Waals surface area contributed by atoms with Gasteiger partial charge in [0, 0.05) is 49.9 Å². The van der Waals surface area contributed by atoms with Gasteiger partial charge >= 0.3 is 0 Å². The lowest BCUT2D eigenvalue weighted by atomic mass is 10.0. The number of rotatable bonds is 4. The number of benzene rings is 1. The molecular formula is C20H22N4O2S. The highest BCUT2D eigenvalue weighted by atomic mass is 32.2. The van der Waals surface area contributed by atoms with Crippen LogP contribution in [0.2, 0.25) is 0 Å². The van der Waals surface area contributed by atoms with Gasteiger partial charge < -0.3 is 15.1 Å². The number of fused-ring (bicyclic) bond motifs is 1. The van der Waals surface area contributed by atoms with Gasteiger partial charge in [0.1, 0.15) is 0 Å². The Morgan fingerprint density at radius 1 is 1.26 bits per heavy atom. The van der Waals surface area contributed by atoms with Crippen molar-refractivity contribution in [1.29, 1.82) is 0 Å². The van der Waals surface area contributed by atoms with Crippen LogP contribution in [-0.4, -0.2) is 53.6 Å². The van der Waals surface area contributed by atoms with Crippen LogP contribution in [-0.2, 0) is 9.59 Å². The molecule has 2 amide bonds. The van der Waals surface area contributed by atoms with Crippen LogP contribution in [0.25, 0.3) is 0 Å². The number of nitrogens with one attached hydrogen (secondary N) is 1. The van der Waals surface area contributed by atoms with Gasteiger partial charge in [0.25, 0.3) is 0 Å². The summed E-state index contributed by atoms with van der Waals surface area (Å²) in [5, 5.41) is 3.35. The average Bonchev–Trinajstić information content (AvgIpc) is 2.73. The van der Waals surface area contributed by atoms with E-state index in [0.29, 0.717) is 25.3 Å². The van der Waals surface area contributed by atoms with Crippen molar-refractivity contribution in [3.8, 4) is 0 Å². The van der Waals surface area contributed by atoms with E-state index in [1.165, 1.54) is 0 Å². The van der Waals surface area contributed by atoms with Gasteiger partial charge in [0.05, 0.1) is 17.5 Å². The molecular weight excluding hydrogens is 360 g/mol. The number of aromatic nitrogens is 1. The molecule has 4 rings (SSSR count). The zero-order valence-electron chi connectivity index (χ0n) is 15.0. The highest BCUT2D eigenvalue weighted by Gasteiger charge is 2.30. The summed E-state index contributed by atoms with van der Waals surface area (Å²) in [6.45, 7) is 2.59. The predicted octanol–water partition coefficient (Wildman–Crippen LogP) is 2.08. The quantitative estimate of drug-likeness (QED) is 0.877. The van der Waals surface area contributed by atoms with Crippen molar-refractivity contribution < 1.29 is 9.59 Å². The average molecular weight is 382 g/mol. The number of carbonyl (C=O) groups is 2. The van der Waals surface area contributed by atoms with Crippen molar-refractivity contribution in [2.75, 3.05) is 36.8 Å². The largest absolute Gasteiger partial charge is 0.333 e. The molecule has 1 saturated heterocycles. The fourth-order valence-electron chi connectivity index (χ4n) is 3.62. The van der Waals surface area contributed by atoms with Crippen LogP contribution in [0.15, 0.2) is 53.7 Å². The molecule has 2 aliphatic rings. The highest BCUT2D eigenvalue weighted by Crippen LogP contribution is 2.35. The first-order chi connectivity index (χ1) is 13.2. The minimum Gasteiger partial charge on any atom is -0.333 e. The third kappa shape index (κ3) is 3.84. The lowest BCUT2D eigenvalue weighted by molar-refractivity contribution is -0.134. The number of para-hydroxylation sites is 1. The van der Waals surface area contributed by atoms with Crippen LogP contribution in [0.5, 0.6) is 0 Å². The zero-order valence-corrected chi connectivity index (χ0v) is 15.8. The molecule has 0 bridgehead atoms. The number of anilines is 1. The Kier molecular flexibility index (Phi) is 5.40. The molecule has 0 radical (unpaired) electrons. The third-order valence-electron chi connectivity index (χ3n) is 4.99. The van der Waals surface area contributed by atoms with E-state index in [0.717, 1.165) is 29.2 Å². The van der Waals surface area contributed by atoms with E-state index in [2.05, 4.69) is 10.3 Å². The van der Waals surface area contributed by atoms with Gasteiger partial charge in [-0.15, -0.1) is 11.8 Å². The number of piperazine rings is 1. The van der Waals surface area contributed by atoms with E-state index in [1.54, 1.807) is 22.9 Å². The Bertz CT molecular complexity index is 830. The molecule has 1 N–H and O–H groups in total. The minimum absolute atomic E-state index is 0.0140. The normalized spacial score (nSPS) is 19.7. The van der Waals surface area contributed by atoms with Crippen LogP contribution < -0.4 is 10.2 Å². The summed E-state index contributed by atoms with van der Waals surface area (Å²) in [5.41, 5.74) is 1.95. The number of hydrogen-bond donors (Lipinski definition) is 1. The number of nitrogens with zero attached hydrogens (tertiary/aromatic N) is 3. The second-order valence-corrected chi connectivity index (χ2v) is 7.66. The molecule has 1 fully saturated rings. The van der Waals surface area contributed by atoms with E-state index < -0.39 is 0 Å². The molecule has 140 valence electrons. The molecule has 0 aliphatic carbocycles. The second kappa shape index (κ2) is 8.10. The van der Waals surface area contributed by atoms with Gasteiger partial charge in [-0.2, -0.15) is 0 Å². The Labute approximate surface area is 162 Å². The van der Waals surface area contributed by atoms with Crippen LogP contribution in [0, 0.1) is 0 Å². The van der Waals surface area contributed by atoms with E-state index in [9.17, 15) is 9.59 Å². The zero-order chi connectivity index (χ0) is 18.6. The topological polar surface area (TPSA) is 65.5 Å². The number of carbonyl (C=O) groups excluding carboxylic acids is 2. The Hall–Kier alpha value is -2.38. The lowest BCUT2D eigenvalue weighted by Gasteiger charge is -2.37. The van der Waals surface area contributed by atoms with Gasteiger partial charge in [-0.05, 0) is 23.8 Å². The molecule has 1 aromatic heterocycles. The Morgan fingerprint density at radius 3 is 3.00 bits per heavy atom. The smallest absolute Gasteiger partial charge is 0.237 e. The molecule has 7 heteroatoms. The lowest BCUT2D eigenvalue weighted by Crippen LogP contribution is -2.49. The summed E-state index contributed by atoms with van der Waals surface area (Å²) < 4.78 is 0. The molecule has 1 unspecified atom stereocenters. The van der Waals surface area contributed by atoms with Crippen molar-refractivity contribution in [1.82, 2.24) is 15.2 Å². The maximum absolute atomic E-state index is 13.0. The molecule has 2 aromatic rings. The summed E-state index contributed by atoms with van der Waals surface area (Å²) >= 11 is 1.56. The Morgan fingerprint density at radius 2 is 2.15 bits per heavy atom. The van der Waals surface area contributed by atoms with Crippen molar-refractivity contribution in [3.63, 3.8) is 0 Å². The first kappa shape index (κ1) is 18.0. The van der Waals surface area contributed by atoms with Crippen LogP contribution >= 0.6 is 11.8 Å². The van der Waals surface area contributed by atoms with E-state index >= 15 is 0 Å². The third-order valence-corrected chi connectivity index (χ3v) is 6.04. The van der Waals surface area contributed by atoms with Crippen LogP contribution in [0.1, 0.15) is 18.0 Å². The van der Waals surface area contributed by atoms with Gasteiger partial charge in [-0.3, -0.25) is 14.6 Å². The van der Waals surface area contributed by atoms with E-state index in [1.807, 2.05) is 47.5 Å². The standard InChI is InChI=1S/C20H22N4O2S/c25-19(24-11-9-22-13-17(24)15-4-3-8-21-12-15)7-10-23-16-5-1-2-6-18(16)27-14-20(23)26/h1-6,8,12,17,22H,7,9-11,13-14H2. The molecule has 2 aliphatic heterocycles. The second-order valence-electron chi connectivity index (χ2n) is 6.65. The first-order valence-corrected chi connectivity index (χ1v) is 10.1. The number of pyridine rings is 1. The summed E-state index contributed by atoms with van der Waals surface area (Å²) in [7, 11) is 0. The Balaban J connectivity index is 1.46. The van der Waals surface area contributed by atoms with Crippen molar-refractivity contribution in [2.24, 2.45) is 0 Å². The number of thioether (sulfide) groups is 1. The van der Waals surface area contributed by atoms with Gasteiger partial charge in [0.2, 0.25) is 11.8 Å². The molecule has 6 nitrogen and oxygen atoms in total. The summed E-state index contributed by atoms with van der Waals surface area (Å²) in [4.78, 5) is 34.3. The molecule has 0 saturated carbocycles. The summed E-state index contributed by atoms with van der Waals surface area (Å²) in [6.07, 6.45) is 3.88. The predicted molar refractivity (Wildman–Crippen MR) is 106 cm³/mol. The summed E-state index contributed by atoms with van der Waals surface area (Å²) in [5.74, 6) is 0.571. The minimum atomic E-state index is -0.0140.